The van der Waals surface area contributed by atoms with Gasteiger partial charge < -0.3 is 4.74 Å². The molecule has 2 heterocycles. The number of nitrogens with zero attached hydrogens (tertiary/aromatic N) is 3. The Morgan fingerprint density at radius 1 is 1.20 bits per heavy atom. The fourth-order valence-electron chi connectivity index (χ4n) is 3.19. The summed E-state index contributed by atoms with van der Waals surface area (Å²) in [5.41, 5.74) is 2.48. The van der Waals surface area contributed by atoms with Gasteiger partial charge in [0.25, 0.3) is 0 Å². The first-order valence-corrected chi connectivity index (χ1v) is 8.65. The van der Waals surface area contributed by atoms with Crippen LogP contribution in [0, 0.1) is 17.7 Å². The number of ether oxygens (including phenoxy) is 1. The number of pyridine rings is 1. The first-order chi connectivity index (χ1) is 12.0. The molecule has 3 rings (SSSR count). The molecule has 0 aliphatic rings. The Morgan fingerprint density at radius 3 is 2.72 bits per heavy atom. The summed E-state index contributed by atoms with van der Waals surface area (Å²) in [6, 6.07) is 6.98. The third-order valence-corrected chi connectivity index (χ3v) is 4.28. The SMILES string of the molecule is CC(C)C[C@@H](C)COc1ccc(-c2ccnc3c2cnn3C)cc1F. The van der Waals surface area contributed by atoms with Crippen molar-refractivity contribution in [1.82, 2.24) is 14.8 Å². The van der Waals surface area contributed by atoms with Crippen LogP contribution in [0.4, 0.5) is 4.39 Å². The molecule has 2 aromatic heterocycles. The smallest absolute Gasteiger partial charge is 0.165 e. The summed E-state index contributed by atoms with van der Waals surface area (Å²) in [5, 5.41) is 5.14. The topological polar surface area (TPSA) is 39.9 Å². The molecule has 1 aromatic carbocycles. The molecule has 132 valence electrons. The Morgan fingerprint density at radius 2 is 2.00 bits per heavy atom. The van der Waals surface area contributed by atoms with E-state index in [1.807, 2.05) is 19.2 Å². The summed E-state index contributed by atoms with van der Waals surface area (Å²) in [5.74, 6) is 0.965. The van der Waals surface area contributed by atoms with Gasteiger partial charge in [-0.3, -0.25) is 4.68 Å². The van der Waals surface area contributed by atoms with Gasteiger partial charge in [0.15, 0.2) is 17.2 Å². The van der Waals surface area contributed by atoms with Gasteiger partial charge in [0, 0.05) is 18.6 Å². The van der Waals surface area contributed by atoms with Crippen molar-refractivity contribution >= 4 is 11.0 Å². The Kier molecular flexibility index (Phi) is 5.02. The number of rotatable bonds is 6. The van der Waals surface area contributed by atoms with E-state index < -0.39 is 0 Å². The molecule has 0 saturated heterocycles. The van der Waals surface area contributed by atoms with Crippen molar-refractivity contribution in [3.05, 3.63) is 42.5 Å². The number of aryl methyl sites for hydroxylation is 1. The monoisotopic (exact) mass is 341 g/mol. The molecule has 4 nitrogen and oxygen atoms in total. The lowest BCUT2D eigenvalue weighted by Crippen LogP contribution is -2.11. The molecule has 0 unspecified atom stereocenters. The molecule has 0 spiro atoms. The normalized spacial score (nSPS) is 12.7. The second-order valence-electron chi connectivity index (χ2n) is 7.05. The Labute approximate surface area is 147 Å². The van der Waals surface area contributed by atoms with Gasteiger partial charge in [-0.05, 0) is 47.6 Å². The summed E-state index contributed by atoms with van der Waals surface area (Å²) in [4.78, 5) is 4.32. The molecule has 0 bridgehead atoms. The van der Waals surface area contributed by atoms with Gasteiger partial charge in [0.1, 0.15) is 0 Å². The highest BCUT2D eigenvalue weighted by molar-refractivity contribution is 5.92. The number of halogens is 1. The lowest BCUT2D eigenvalue weighted by atomic mass is 10.00. The minimum absolute atomic E-state index is 0.302. The lowest BCUT2D eigenvalue weighted by Gasteiger charge is -2.15. The molecule has 0 N–H and O–H groups in total. The van der Waals surface area contributed by atoms with E-state index in [0.29, 0.717) is 24.2 Å². The predicted molar refractivity (Wildman–Crippen MR) is 98.0 cm³/mol. The molecule has 25 heavy (non-hydrogen) atoms. The van der Waals surface area contributed by atoms with E-state index in [-0.39, 0.29) is 5.82 Å². The van der Waals surface area contributed by atoms with Crippen LogP contribution in [0.5, 0.6) is 5.75 Å². The van der Waals surface area contributed by atoms with Crippen molar-refractivity contribution < 1.29 is 9.13 Å². The quantitative estimate of drug-likeness (QED) is 0.644. The van der Waals surface area contributed by atoms with Crippen molar-refractivity contribution in [1.29, 1.82) is 0 Å². The maximum absolute atomic E-state index is 14.5. The third kappa shape index (κ3) is 3.81. The lowest BCUT2D eigenvalue weighted by molar-refractivity contribution is 0.230. The van der Waals surface area contributed by atoms with Crippen LogP contribution in [-0.4, -0.2) is 21.4 Å². The van der Waals surface area contributed by atoms with Gasteiger partial charge in [-0.2, -0.15) is 5.10 Å². The van der Waals surface area contributed by atoms with E-state index in [2.05, 4.69) is 30.9 Å². The van der Waals surface area contributed by atoms with Gasteiger partial charge >= 0.3 is 0 Å². The minimum Gasteiger partial charge on any atom is -0.490 e. The number of fused-ring (bicyclic) bond motifs is 1. The zero-order chi connectivity index (χ0) is 18.0. The summed E-state index contributed by atoms with van der Waals surface area (Å²) in [7, 11) is 1.84. The molecular weight excluding hydrogens is 317 g/mol. The fourth-order valence-corrected chi connectivity index (χ4v) is 3.19. The van der Waals surface area contributed by atoms with Crippen LogP contribution in [0.15, 0.2) is 36.7 Å². The predicted octanol–water partition coefficient (Wildman–Crippen LogP) is 4.84. The van der Waals surface area contributed by atoms with Gasteiger partial charge in [-0.25, -0.2) is 9.37 Å². The van der Waals surface area contributed by atoms with Crippen molar-refractivity contribution in [2.45, 2.75) is 27.2 Å². The zero-order valence-corrected chi connectivity index (χ0v) is 15.2. The van der Waals surface area contributed by atoms with Crippen LogP contribution in [0.3, 0.4) is 0 Å². The molecule has 0 radical (unpaired) electrons. The average Bonchev–Trinajstić information content (AvgIpc) is 2.94. The first-order valence-electron chi connectivity index (χ1n) is 8.65. The number of aromatic nitrogens is 3. The highest BCUT2D eigenvalue weighted by Crippen LogP contribution is 2.30. The molecule has 0 amide bonds. The molecule has 5 heteroatoms. The van der Waals surface area contributed by atoms with Crippen molar-refractivity contribution in [3.63, 3.8) is 0 Å². The van der Waals surface area contributed by atoms with Gasteiger partial charge in [-0.1, -0.05) is 26.8 Å². The van der Waals surface area contributed by atoms with Crippen LogP contribution < -0.4 is 4.74 Å². The standard InChI is InChI=1S/C20H24FN3O/c1-13(2)9-14(3)12-25-19-6-5-15(10-18(19)21)16-7-8-22-20-17(16)11-23-24(20)4/h5-8,10-11,13-14H,9,12H2,1-4H3/t14-/m1/s1. The van der Waals surface area contributed by atoms with Crippen LogP contribution in [-0.2, 0) is 7.05 Å². The van der Waals surface area contributed by atoms with E-state index >= 15 is 0 Å². The first kappa shape index (κ1) is 17.4. The van der Waals surface area contributed by atoms with E-state index in [0.717, 1.165) is 28.6 Å². The van der Waals surface area contributed by atoms with Gasteiger partial charge in [0.2, 0.25) is 0 Å². The zero-order valence-electron chi connectivity index (χ0n) is 15.2. The van der Waals surface area contributed by atoms with E-state index in [1.54, 1.807) is 23.1 Å². The molecule has 1 atom stereocenters. The molecular formula is C20H24FN3O. The molecule has 0 fully saturated rings. The number of hydrogen-bond donors (Lipinski definition) is 0. The highest BCUT2D eigenvalue weighted by atomic mass is 19.1. The Bertz CT molecular complexity index is 873. The maximum Gasteiger partial charge on any atom is 0.165 e. The summed E-state index contributed by atoms with van der Waals surface area (Å²) in [6.45, 7) is 7.01. The van der Waals surface area contributed by atoms with E-state index in [1.165, 1.54) is 6.07 Å². The van der Waals surface area contributed by atoms with E-state index in [9.17, 15) is 4.39 Å². The Balaban J connectivity index is 1.82. The van der Waals surface area contributed by atoms with Gasteiger partial charge in [-0.15, -0.1) is 0 Å². The number of benzene rings is 1. The third-order valence-electron chi connectivity index (χ3n) is 4.28. The van der Waals surface area contributed by atoms with Crippen LogP contribution in [0.1, 0.15) is 27.2 Å². The second-order valence-corrected chi connectivity index (χ2v) is 7.05. The van der Waals surface area contributed by atoms with Crippen LogP contribution in [0.25, 0.3) is 22.2 Å². The van der Waals surface area contributed by atoms with Gasteiger partial charge in [0.05, 0.1) is 12.8 Å². The second kappa shape index (κ2) is 7.21. The van der Waals surface area contributed by atoms with E-state index in [4.69, 9.17) is 4.74 Å². The van der Waals surface area contributed by atoms with Crippen LogP contribution in [0.2, 0.25) is 0 Å². The average molecular weight is 341 g/mol. The molecule has 3 aromatic rings. The van der Waals surface area contributed by atoms with Crippen molar-refractivity contribution in [3.8, 4) is 16.9 Å². The molecule has 0 saturated carbocycles. The van der Waals surface area contributed by atoms with Crippen LogP contribution >= 0.6 is 0 Å². The summed E-state index contributed by atoms with van der Waals surface area (Å²) >= 11 is 0. The minimum atomic E-state index is -0.344. The van der Waals surface area contributed by atoms with Crippen molar-refractivity contribution in [2.24, 2.45) is 18.9 Å². The number of hydrogen-bond acceptors (Lipinski definition) is 3. The Hall–Kier alpha value is -2.43. The summed E-state index contributed by atoms with van der Waals surface area (Å²) in [6.07, 6.45) is 4.54. The maximum atomic E-state index is 14.5. The largest absolute Gasteiger partial charge is 0.490 e. The molecule has 0 aliphatic carbocycles. The fraction of sp³-hybridized carbons (Fsp3) is 0.400. The summed E-state index contributed by atoms with van der Waals surface area (Å²) < 4.78 is 21.9. The molecule has 0 aliphatic heterocycles. The highest BCUT2D eigenvalue weighted by Gasteiger charge is 2.12. The van der Waals surface area contributed by atoms with Crippen molar-refractivity contribution in [2.75, 3.05) is 6.61 Å².